The zero-order valence-electron chi connectivity index (χ0n) is 22.9. The number of halogens is 3. The molecule has 0 bridgehead atoms. The maximum atomic E-state index is 13.0. The average molecular weight is 520 g/mol. The summed E-state index contributed by atoms with van der Waals surface area (Å²) in [5.74, 6) is 0.843. The van der Waals surface area contributed by atoms with Gasteiger partial charge in [0.05, 0.1) is 5.56 Å². The summed E-state index contributed by atoms with van der Waals surface area (Å²) in [7, 11) is 2.13. The second-order valence-electron chi connectivity index (χ2n) is 11.4. The van der Waals surface area contributed by atoms with E-state index >= 15 is 0 Å². The zero-order chi connectivity index (χ0) is 27.3. The molecule has 1 aliphatic carbocycles. The van der Waals surface area contributed by atoms with Crippen molar-refractivity contribution >= 4 is 0 Å². The van der Waals surface area contributed by atoms with Gasteiger partial charge in [-0.15, -0.1) is 0 Å². The molecule has 0 radical (unpaired) electrons. The molecule has 0 aliphatic heterocycles. The van der Waals surface area contributed by atoms with Crippen LogP contribution >= 0.6 is 0 Å². The Bertz CT molecular complexity index is 1170. The van der Waals surface area contributed by atoms with E-state index in [9.17, 15) is 13.2 Å². The molecular weight excluding hydrogens is 479 g/mol. The van der Waals surface area contributed by atoms with Gasteiger partial charge in [0.15, 0.2) is 0 Å². The zero-order valence-corrected chi connectivity index (χ0v) is 22.9. The molecule has 0 N–H and O–H groups in total. The van der Waals surface area contributed by atoms with E-state index in [4.69, 9.17) is 0 Å². The maximum absolute atomic E-state index is 13.0. The minimum Gasteiger partial charge on any atom is -0.378 e. The predicted molar refractivity (Wildman–Crippen MR) is 151 cm³/mol. The Morgan fingerprint density at radius 3 is 1.97 bits per heavy atom. The molecule has 3 aromatic rings. The average Bonchev–Trinajstić information content (AvgIpc) is 2.86. The first-order valence-electron chi connectivity index (χ1n) is 13.8. The van der Waals surface area contributed by atoms with Crippen molar-refractivity contribution in [2.24, 2.45) is 5.92 Å². The lowest BCUT2D eigenvalue weighted by Crippen LogP contribution is -2.42. The van der Waals surface area contributed by atoms with Crippen molar-refractivity contribution in [2.45, 2.75) is 69.9 Å². The fraction of sp³-hybridized carbons (Fsp3) is 0.412. The molecular formula is C34H40F3N. The highest BCUT2D eigenvalue weighted by molar-refractivity contribution is 5.39. The van der Waals surface area contributed by atoms with Gasteiger partial charge < -0.3 is 4.90 Å². The standard InChI is InChI=1S/C34H40F3N/c1-25(2)23-27-11-15-31(16-12-27)33(20-8-21-33)26(3)38(4)22-19-30(29-9-6-5-7-10-29)24-28-13-17-32(18-14-28)34(35,36)37/h5-7,9-18,25,30H,3,8,19-24H2,1-2,4H3. The van der Waals surface area contributed by atoms with Crippen LogP contribution in [0.1, 0.15) is 73.3 Å². The normalized spacial score (nSPS) is 15.7. The number of allylic oxidation sites excluding steroid dienone is 1. The molecule has 0 aromatic heterocycles. The van der Waals surface area contributed by atoms with Crippen LogP contribution in [0.4, 0.5) is 13.2 Å². The number of benzene rings is 3. The first kappa shape index (κ1) is 28.0. The van der Waals surface area contributed by atoms with Crippen LogP contribution in [0, 0.1) is 5.92 Å². The van der Waals surface area contributed by atoms with Crippen molar-refractivity contribution < 1.29 is 13.2 Å². The molecule has 0 heterocycles. The van der Waals surface area contributed by atoms with Gasteiger partial charge in [-0.2, -0.15) is 13.2 Å². The molecule has 38 heavy (non-hydrogen) atoms. The number of hydrogen-bond donors (Lipinski definition) is 0. The van der Waals surface area contributed by atoms with E-state index in [1.807, 2.05) is 18.2 Å². The van der Waals surface area contributed by atoms with Crippen LogP contribution in [0.2, 0.25) is 0 Å². The molecule has 1 unspecified atom stereocenters. The lowest BCUT2D eigenvalue weighted by atomic mass is 9.62. The van der Waals surface area contributed by atoms with Crippen LogP contribution in [0.25, 0.3) is 0 Å². The topological polar surface area (TPSA) is 3.24 Å². The fourth-order valence-electron chi connectivity index (χ4n) is 5.78. The number of likely N-dealkylation sites (N-methyl/N-ethyl adjacent to an activating group) is 1. The van der Waals surface area contributed by atoms with Gasteiger partial charge in [-0.3, -0.25) is 0 Å². The Kier molecular flexibility index (Phi) is 8.70. The van der Waals surface area contributed by atoms with Crippen LogP contribution in [0.3, 0.4) is 0 Å². The monoisotopic (exact) mass is 519 g/mol. The van der Waals surface area contributed by atoms with E-state index in [1.165, 1.54) is 40.9 Å². The highest BCUT2D eigenvalue weighted by atomic mass is 19.4. The Morgan fingerprint density at radius 2 is 1.45 bits per heavy atom. The van der Waals surface area contributed by atoms with E-state index in [0.717, 1.165) is 37.8 Å². The minimum absolute atomic E-state index is 0.000774. The van der Waals surface area contributed by atoms with Gasteiger partial charge >= 0.3 is 6.18 Å². The molecule has 3 aromatic carbocycles. The van der Waals surface area contributed by atoms with Gasteiger partial charge in [0, 0.05) is 24.7 Å². The molecule has 4 rings (SSSR count). The van der Waals surface area contributed by atoms with Crippen molar-refractivity contribution in [3.63, 3.8) is 0 Å². The van der Waals surface area contributed by atoms with Gasteiger partial charge in [0.1, 0.15) is 0 Å². The predicted octanol–water partition coefficient (Wildman–Crippen LogP) is 9.19. The summed E-state index contributed by atoms with van der Waals surface area (Å²) in [4.78, 5) is 2.31. The van der Waals surface area contributed by atoms with Crippen LogP contribution in [-0.2, 0) is 24.4 Å². The molecule has 1 nitrogen and oxygen atoms in total. The number of nitrogens with zero attached hydrogens (tertiary/aromatic N) is 1. The summed E-state index contributed by atoms with van der Waals surface area (Å²) >= 11 is 0. The van der Waals surface area contributed by atoms with Crippen LogP contribution < -0.4 is 0 Å². The lowest BCUT2D eigenvalue weighted by Gasteiger charge is -2.47. The van der Waals surface area contributed by atoms with E-state index in [0.29, 0.717) is 12.3 Å². The molecule has 4 heteroatoms. The molecule has 0 amide bonds. The van der Waals surface area contributed by atoms with Gasteiger partial charge in [0.2, 0.25) is 0 Å². The summed E-state index contributed by atoms with van der Waals surface area (Å²) < 4.78 is 39.1. The SMILES string of the molecule is C=C(N(C)CCC(Cc1ccc(C(F)(F)F)cc1)c1ccccc1)C1(c2ccc(CC(C)C)cc2)CCC1. The molecule has 1 fully saturated rings. The van der Waals surface area contributed by atoms with E-state index < -0.39 is 11.7 Å². The van der Waals surface area contributed by atoms with Gasteiger partial charge in [-0.05, 0) is 78.3 Å². The molecule has 1 atom stereocenters. The Morgan fingerprint density at radius 1 is 0.868 bits per heavy atom. The van der Waals surface area contributed by atoms with Gasteiger partial charge in [0.25, 0.3) is 0 Å². The second-order valence-corrected chi connectivity index (χ2v) is 11.4. The number of alkyl halides is 3. The minimum atomic E-state index is -4.31. The largest absolute Gasteiger partial charge is 0.416 e. The summed E-state index contributed by atoms with van der Waals surface area (Å²) in [6.07, 6.45) is 1.82. The first-order chi connectivity index (χ1) is 18.1. The fourth-order valence-corrected chi connectivity index (χ4v) is 5.78. The Balaban J connectivity index is 1.46. The van der Waals surface area contributed by atoms with E-state index in [-0.39, 0.29) is 11.3 Å². The molecule has 0 saturated heterocycles. The summed E-state index contributed by atoms with van der Waals surface area (Å²) in [5, 5.41) is 0. The third-order valence-electron chi connectivity index (χ3n) is 8.22. The molecule has 202 valence electrons. The van der Waals surface area contributed by atoms with Crippen molar-refractivity contribution in [1.82, 2.24) is 4.90 Å². The quantitative estimate of drug-likeness (QED) is 0.244. The number of hydrogen-bond acceptors (Lipinski definition) is 1. The summed E-state index contributed by atoms with van der Waals surface area (Å²) in [6, 6.07) is 25.1. The van der Waals surface area contributed by atoms with Crippen LogP contribution in [0.15, 0.2) is 91.1 Å². The highest BCUT2D eigenvalue weighted by Gasteiger charge is 2.42. The lowest BCUT2D eigenvalue weighted by molar-refractivity contribution is -0.137. The van der Waals surface area contributed by atoms with Crippen LogP contribution in [-0.4, -0.2) is 18.5 Å². The van der Waals surface area contributed by atoms with E-state index in [2.05, 4.69) is 68.8 Å². The first-order valence-corrected chi connectivity index (χ1v) is 13.8. The van der Waals surface area contributed by atoms with Crippen LogP contribution in [0.5, 0.6) is 0 Å². The maximum Gasteiger partial charge on any atom is 0.416 e. The number of rotatable bonds is 11. The van der Waals surface area contributed by atoms with Crippen molar-refractivity contribution in [3.8, 4) is 0 Å². The molecule has 1 aliphatic rings. The van der Waals surface area contributed by atoms with Crippen molar-refractivity contribution in [3.05, 3.63) is 119 Å². The van der Waals surface area contributed by atoms with Gasteiger partial charge in [-0.25, -0.2) is 0 Å². The summed E-state index contributed by atoms with van der Waals surface area (Å²) in [5.41, 5.74) is 5.44. The Hall–Kier alpha value is -3.01. The van der Waals surface area contributed by atoms with Crippen molar-refractivity contribution in [2.75, 3.05) is 13.6 Å². The molecule has 1 saturated carbocycles. The third kappa shape index (κ3) is 6.51. The third-order valence-corrected chi connectivity index (χ3v) is 8.22. The highest BCUT2D eigenvalue weighted by Crippen LogP contribution is 2.49. The Labute approximate surface area is 226 Å². The second kappa shape index (κ2) is 11.8. The smallest absolute Gasteiger partial charge is 0.378 e. The van der Waals surface area contributed by atoms with Crippen molar-refractivity contribution in [1.29, 1.82) is 0 Å². The molecule has 0 spiro atoms. The summed E-state index contributed by atoms with van der Waals surface area (Å²) in [6.45, 7) is 9.92. The van der Waals surface area contributed by atoms with Gasteiger partial charge in [-0.1, -0.05) is 93.6 Å². The van der Waals surface area contributed by atoms with E-state index in [1.54, 1.807) is 12.1 Å².